The molecule has 1 unspecified atom stereocenters. The van der Waals surface area contributed by atoms with Crippen LogP contribution in [0.5, 0.6) is 0 Å². The third-order valence-corrected chi connectivity index (χ3v) is 4.63. The summed E-state index contributed by atoms with van der Waals surface area (Å²) < 4.78 is 0. The van der Waals surface area contributed by atoms with Crippen LogP contribution in [0.15, 0.2) is 17.3 Å². The second-order valence-electron chi connectivity index (χ2n) is 6.12. The van der Waals surface area contributed by atoms with Crippen molar-refractivity contribution in [2.24, 2.45) is 4.99 Å². The topological polar surface area (TPSA) is 64.6 Å². The van der Waals surface area contributed by atoms with Crippen molar-refractivity contribution in [2.75, 3.05) is 45.1 Å². The van der Waals surface area contributed by atoms with Crippen molar-refractivity contribution in [3.8, 4) is 0 Å². The van der Waals surface area contributed by atoms with Crippen LogP contribution in [0.25, 0.3) is 0 Å². The van der Waals surface area contributed by atoms with E-state index in [1.807, 2.05) is 0 Å². The van der Waals surface area contributed by atoms with Gasteiger partial charge in [-0.1, -0.05) is 37.0 Å². The first-order valence-corrected chi connectivity index (χ1v) is 10.00. The number of nitrogens with one attached hydrogen (secondary N) is 3. The van der Waals surface area contributed by atoms with Crippen LogP contribution in [-0.4, -0.2) is 61.7 Å². The summed E-state index contributed by atoms with van der Waals surface area (Å²) in [7, 11) is 1.78. The number of aliphatic imine (C=N–C) groups is 1. The van der Waals surface area contributed by atoms with Crippen LogP contribution < -0.4 is 16.0 Å². The number of halogens is 2. The second kappa shape index (κ2) is 13.0. The lowest BCUT2D eigenvalue weighted by molar-refractivity contribution is 0.292. The lowest BCUT2D eigenvalue weighted by Gasteiger charge is -2.21. The summed E-state index contributed by atoms with van der Waals surface area (Å²) in [6.45, 7) is 11.3. The van der Waals surface area contributed by atoms with Gasteiger partial charge in [-0.15, -0.1) is 0 Å². The van der Waals surface area contributed by atoms with E-state index in [9.17, 15) is 0 Å². The van der Waals surface area contributed by atoms with Crippen LogP contribution in [0.2, 0.25) is 10.0 Å². The summed E-state index contributed by atoms with van der Waals surface area (Å²) in [6.07, 6.45) is 3.86. The molecule has 0 aliphatic carbocycles. The Morgan fingerprint density at radius 1 is 1.27 bits per heavy atom. The van der Waals surface area contributed by atoms with Crippen LogP contribution in [-0.2, 0) is 0 Å². The molecule has 1 aromatic heterocycles. The Labute approximate surface area is 167 Å². The van der Waals surface area contributed by atoms with Gasteiger partial charge in [0.25, 0.3) is 0 Å². The quantitative estimate of drug-likeness (QED) is 0.300. The van der Waals surface area contributed by atoms with Crippen molar-refractivity contribution in [1.82, 2.24) is 20.5 Å². The summed E-state index contributed by atoms with van der Waals surface area (Å²) >= 11 is 11.9. The maximum atomic E-state index is 6.09. The minimum atomic E-state index is 0.372. The van der Waals surface area contributed by atoms with Gasteiger partial charge in [-0.25, -0.2) is 4.98 Å². The normalized spacial score (nSPS) is 13.0. The molecule has 0 fully saturated rings. The zero-order valence-corrected chi connectivity index (χ0v) is 17.8. The summed E-state index contributed by atoms with van der Waals surface area (Å²) in [5, 5.41) is 10.9. The molecule has 1 atom stereocenters. The molecule has 0 saturated heterocycles. The predicted octanol–water partition coefficient (Wildman–Crippen LogP) is 3.48. The number of guanidine groups is 1. The molecule has 1 aromatic rings. The van der Waals surface area contributed by atoms with Gasteiger partial charge in [0.2, 0.25) is 0 Å². The molecule has 0 aromatic carbocycles. The SMILES string of the molecule is CCN(CC)CCCC(C)NC(=NC)NCCNc1ncc(Cl)cc1Cl. The van der Waals surface area contributed by atoms with Crippen LogP contribution in [0, 0.1) is 0 Å². The van der Waals surface area contributed by atoms with E-state index in [4.69, 9.17) is 23.2 Å². The Balaban J connectivity index is 2.25. The Morgan fingerprint density at radius 3 is 2.62 bits per heavy atom. The number of aromatic nitrogens is 1. The number of hydrogen-bond acceptors (Lipinski definition) is 4. The van der Waals surface area contributed by atoms with E-state index in [2.05, 4.69) is 51.6 Å². The molecule has 1 heterocycles. The number of anilines is 1. The van der Waals surface area contributed by atoms with Gasteiger partial charge in [0.05, 0.1) is 10.0 Å². The summed E-state index contributed by atoms with van der Waals surface area (Å²) in [4.78, 5) is 10.9. The van der Waals surface area contributed by atoms with Crippen LogP contribution in [0.1, 0.15) is 33.6 Å². The summed E-state index contributed by atoms with van der Waals surface area (Å²) in [6, 6.07) is 2.05. The highest BCUT2D eigenvalue weighted by Crippen LogP contribution is 2.21. The highest BCUT2D eigenvalue weighted by atomic mass is 35.5. The largest absolute Gasteiger partial charge is 0.367 e. The standard InChI is InChI=1S/C18H32Cl2N6/c1-5-26(6-2)11-7-8-14(3)25-18(21-4)23-10-9-22-17-16(20)12-15(19)13-24-17/h12-14H,5-11H2,1-4H3,(H,22,24)(H2,21,23,25). The molecule has 3 N–H and O–H groups in total. The second-order valence-corrected chi connectivity index (χ2v) is 6.97. The maximum absolute atomic E-state index is 6.09. The van der Waals surface area contributed by atoms with Crippen molar-refractivity contribution in [2.45, 2.75) is 39.7 Å². The fraction of sp³-hybridized carbons (Fsp3) is 0.667. The molecule has 8 heteroatoms. The lowest BCUT2D eigenvalue weighted by atomic mass is 10.2. The van der Waals surface area contributed by atoms with E-state index >= 15 is 0 Å². The highest BCUT2D eigenvalue weighted by molar-refractivity contribution is 6.35. The first-order chi connectivity index (χ1) is 12.5. The summed E-state index contributed by atoms with van der Waals surface area (Å²) in [5.41, 5.74) is 0. The van der Waals surface area contributed by atoms with Crippen molar-refractivity contribution >= 4 is 35.0 Å². The Kier molecular flexibility index (Phi) is 11.4. The Bertz CT molecular complexity index is 548. The average molecular weight is 403 g/mol. The molecule has 0 aliphatic heterocycles. The molecule has 0 spiro atoms. The minimum absolute atomic E-state index is 0.372. The van der Waals surface area contributed by atoms with E-state index < -0.39 is 0 Å². The van der Waals surface area contributed by atoms with Gasteiger partial charge in [-0.2, -0.15) is 0 Å². The van der Waals surface area contributed by atoms with Crippen molar-refractivity contribution in [3.63, 3.8) is 0 Å². The van der Waals surface area contributed by atoms with E-state index in [0.29, 0.717) is 35.0 Å². The third kappa shape index (κ3) is 8.92. The molecule has 0 bridgehead atoms. The Morgan fingerprint density at radius 2 is 2.00 bits per heavy atom. The number of nitrogens with zero attached hydrogens (tertiary/aromatic N) is 3. The molecule has 1 rings (SSSR count). The van der Waals surface area contributed by atoms with Gasteiger partial charge >= 0.3 is 0 Å². The number of pyridine rings is 1. The smallest absolute Gasteiger partial charge is 0.191 e. The maximum Gasteiger partial charge on any atom is 0.191 e. The molecule has 0 radical (unpaired) electrons. The van der Waals surface area contributed by atoms with E-state index in [1.165, 1.54) is 6.42 Å². The molecule has 148 valence electrons. The number of rotatable bonds is 11. The highest BCUT2D eigenvalue weighted by Gasteiger charge is 2.07. The van der Waals surface area contributed by atoms with Crippen LogP contribution in [0.3, 0.4) is 0 Å². The zero-order valence-electron chi connectivity index (χ0n) is 16.3. The van der Waals surface area contributed by atoms with Crippen LogP contribution >= 0.6 is 23.2 Å². The molecule has 0 aliphatic rings. The monoisotopic (exact) mass is 402 g/mol. The molecule has 0 saturated carbocycles. The van der Waals surface area contributed by atoms with Gasteiger partial charge in [0, 0.05) is 32.4 Å². The van der Waals surface area contributed by atoms with Crippen molar-refractivity contribution < 1.29 is 0 Å². The van der Waals surface area contributed by atoms with E-state index in [-0.39, 0.29) is 0 Å². The van der Waals surface area contributed by atoms with Gasteiger partial charge in [-0.05, 0) is 45.5 Å². The fourth-order valence-corrected chi connectivity index (χ4v) is 3.01. The average Bonchev–Trinajstić information content (AvgIpc) is 2.62. The van der Waals surface area contributed by atoms with E-state index in [1.54, 1.807) is 19.3 Å². The van der Waals surface area contributed by atoms with Gasteiger partial charge in [0.15, 0.2) is 5.96 Å². The first-order valence-electron chi connectivity index (χ1n) is 9.24. The molecule has 0 amide bonds. The molecular weight excluding hydrogens is 371 g/mol. The predicted molar refractivity (Wildman–Crippen MR) is 114 cm³/mol. The van der Waals surface area contributed by atoms with Gasteiger partial charge in [0.1, 0.15) is 5.82 Å². The fourth-order valence-electron chi connectivity index (χ4n) is 2.57. The van der Waals surface area contributed by atoms with Crippen LogP contribution in [0.4, 0.5) is 5.82 Å². The van der Waals surface area contributed by atoms with Gasteiger partial charge < -0.3 is 20.9 Å². The molecule has 6 nitrogen and oxygen atoms in total. The van der Waals surface area contributed by atoms with Crippen molar-refractivity contribution in [1.29, 1.82) is 0 Å². The van der Waals surface area contributed by atoms with E-state index in [0.717, 1.165) is 32.0 Å². The lowest BCUT2D eigenvalue weighted by Crippen LogP contribution is -2.43. The summed E-state index contributed by atoms with van der Waals surface area (Å²) in [5.74, 6) is 1.43. The zero-order chi connectivity index (χ0) is 19.4. The number of hydrogen-bond donors (Lipinski definition) is 3. The molecule has 26 heavy (non-hydrogen) atoms. The third-order valence-electron chi connectivity index (χ3n) is 4.13. The first kappa shape index (κ1) is 22.8. The Hall–Kier alpha value is -1.24. The van der Waals surface area contributed by atoms with Crippen molar-refractivity contribution in [3.05, 3.63) is 22.3 Å². The molecular formula is C18H32Cl2N6. The minimum Gasteiger partial charge on any atom is -0.367 e. The van der Waals surface area contributed by atoms with Gasteiger partial charge in [-0.3, -0.25) is 4.99 Å².